The van der Waals surface area contributed by atoms with E-state index < -0.39 is 5.82 Å². The van der Waals surface area contributed by atoms with E-state index in [2.05, 4.69) is 20.3 Å². The molecule has 0 saturated carbocycles. The van der Waals surface area contributed by atoms with Gasteiger partial charge in [-0.05, 0) is 45.3 Å². The second-order valence-electron chi connectivity index (χ2n) is 7.07. The number of carbonyl (C=O) groups is 1. The smallest absolute Gasteiger partial charge is 0.254 e. The van der Waals surface area contributed by atoms with Crippen LogP contribution in [0.4, 0.5) is 10.3 Å². The number of nitrogens with zero attached hydrogens (tertiary/aromatic N) is 5. The van der Waals surface area contributed by atoms with Gasteiger partial charge in [0.1, 0.15) is 5.82 Å². The molecular formula is C21H25FN6O. The monoisotopic (exact) mass is 396 g/mol. The zero-order chi connectivity index (χ0) is 21.0. The van der Waals surface area contributed by atoms with Gasteiger partial charge in [0, 0.05) is 50.0 Å². The molecule has 3 rings (SSSR count). The van der Waals surface area contributed by atoms with Crippen LogP contribution >= 0.6 is 0 Å². The summed E-state index contributed by atoms with van der Waals surface area (Å²) in [5.74, 6) is -0.0644. The fraction of sp³-hybridized carbons (Fsp3) is 0.333. The van der Waals surface area contributed by atoms with Crippen LogP contribution in [0.2, 0.25) is 0 Å². The van der Waals surface area contributed by atoms with Crippen molar-refractivity contribution in [1.82, 2.24) is 24.8 Å². The van der Waals surface area contributed by atoms with Crippen LogP contribution in [0, 0.1) is 5.82 Å². The summed E-state index contributed by atoms with van der Waals surface area (Å²) in [4.78, 5) is 29.9. The standard InChI is InChI=1S/C21H25FN6O/c1-5-23-21-24-12-14(13-25-21)19-11-17(20(29)28(4)9-8-27(2)3)16-10-15(22)6-7-18(16)26-19/h6-7,10-13H,5,8-9H2,1-4H3,(H,23,24,25). The molecular weight excluding hydrogens is 371 g/mol. The summed E-state index contributed by atoms with van der Waals surface area (Å²) in [6, 6.07) is 5.96. The Morgan fingerprint density at radius 1 is 1.10 bits per heavy atom. The van der Waals surface area contributed by atoms with Gasteiger partial charge in [-0.1, -0.05) is 0 Å². The van der Waals surface area contributed by atoms with Gasteiger partial charge < -0.3 is 15.1 Å². The van der Waals surface area contributed by atoms with Gasteiger partial charge in [-0.2, -0.15) is 0 Å². The second kappa shape index (κ2) is 8.91. The Bertz CT molecular complexity index is 1010. The Hall–Kier alpha value is -3.13. The van der Waals surface area contributed by atoms with Crippen molar-refractivity contribution in [2.45, 2.75) is 6.92 Å². The number of pyridine rings is 1. The first-order valence-corrected chi connectivity index (χ1v) is 9.46. The number of halogens is 1. The Morgan fingerprint density at radius 2 is 1.83 bits per heavy atom. The summed E-state index contributed by atoms with van der Waals surface area (Å²) in [6.45, 7) is 3.97. The predicted octanol–water partition coefficient (Wildman–Crippen LogP) is 2.90. The molecule has 8 heteroatoms. The minimum Gasteiger partial charge on any atom is -0.355 e. The summed E-state index contributed by atoms with van der Waals surface area (Å²) >= 11 is 0. The van der Waals surface area contributed by atoms with Crippen LogP contribution in [0.1, 0.15) is 17.3 Å². The fourth-order valence-corrected chi connectivity index (χ4v) is 2.89. The van der Waals surface area contributed by atoms with Crippen molar-refractivity contribution in [3.63, 3.8) is 0 Å². The lowest BCUT2D eigenvalue weighted by molar-refractivity contribution is 0.0788. The third-order valence-corrected chi connectivity index (χ3v) is 4.51. The lowest BCUT2D eigenvalue weighted by Crippen LogP contribution is -2.33. The van der Waals surface area contributed by atoms with Gasteiger partial charge in [-0.15, -0.1) is 0 Å². The van der Waals surface area contributed by atoms with E-state index in [9.17, 15) is 9.18 Å². The molecule has 0 aliphatic heterocycles. The number of hydrogen-bond donors (Lipinski definition) is 1. The van der Waals surface area contributed by atoms with E-state index in [0.29, 0.717) is 40.2 Å². The maximum absolute atomic E-state index is 13.9. The van der Waals surface area contributed by atoms with Crippen molar-refractivity contribution in [2.75, 3.05) is 46.1 Å². The molecule has 1 amide bonds. The highest BCUT2D eigenvalue weighted by molar-refractivity contribution is 6.07. The van der Waals surface area contributed by atoms with E-state index in [4.69, 9.17) is 0 Å². The highest BCUT2D eigenvalue weighted by Gasteiger charge is 2.18. The van der Waals surface area contributed by atoms with Gasteiger partial charge in [-0.3, -0.25) is 4.79 Å². The van der Waals surface area contributed by atoms with E-state index in [1.807, 2.05) is 25.9 Å². The summed E-state index contributed by atoms with van der Waals surface area (Å²) < 4.78 is 13.9. The lowest BCUT2D eigenvalue weighted by atomic mass is 10.0. The quantitative estimate of drug-likeness (QED) is 0.662. The highest BCUT2D eigenvalue weighted by Crippen LogP contribution is 2.26. The average Bonchev–Trinajstić information content (AvgIpc) is 2.71. The summed E-state index contributed by atoms with van der Waals surface area (Å²) in [6.07, 6.45) is 3.32. The predicted molar refractivity (Wildman–Crippen MR) is 112 cm³/mol. The van der Waals surface area contributed by atoms with E-state index in [0.717, 1.165) is 13.1 Å². The molecule has 7 nitrogen and oxygen atoms in total. The molecule has 0 bridgehead atoms. The molecule has 2 aromatic heterocycles. The summed E-state index contributed by atoms with van der Waals surface area (Å²) in [5, 5.41) is 3.53. The number of nitrogens with one attached hydrogen (secondary N) is 1. The number of carbonyl (C=O) groups excluding carboxylic acids is 1. The molecule has 0 unspecified atom stereocenters. The molecule has 0 aliphatic rings. The van der Waals surface area contributed by atoms with Crippen LogP contribution in [-0.4, -0.2) is 71.4 Å². The average molecular weight is 396 g/mol. The number of benzene rings is 1. The third-order valence-electron chi connectivity index (χ3n) is 4.51. The van der Waals surface area contributed by atoms with Crippen molar-refractivity contribution in [2.24, 2.45) is 0 Å². The molecule has 1 aromatic carbocycles. The number of amides is 1. The van der Waals surface area contributed by atoms with Crippen LogP contribution in [0.15, 0.2) is 36.7 Å². The van der Waals surface area contributed by atoms with E-state index in [1.165, 1.54) is 12.1 Å². The van der Waals surface area contributed by atoms with Crippen molar-refractivity contribution in [3.8, 4) is 11.3 Å². The zero-order valence-corrected chi connectivity index (χ0v) is 17.1. The molecule has 0 aliphatic carbocycles. The van der Waals surface area contributed by atoms with Crippen LogP contribution in [0.25, 0.3) is 22.2 Å². The lowest BCUT2D eigenvalue weighted by Gasteiger charge is -2.21. The number of rotatable bonds is 7. The van der Waals surface area contributed by atoms with Gasteiger partial charge in [0.15, 0.2) is 0 Å². The van der Waals surface area contributed by atoms with Crippen molar-refractivity contribution in [3.05, 3.63) is 48.0 Å². The number of hydrogen-bond acceptors (Lipinski definition) is 6. The largest absolute Gasteiger partial charge is 0.355 e. The molecule has 0 spiro atoms. The van der Waals surface area contributed by atoms with Gasteiger partial charge in [0.2, 0.25) is 5.95 Å². The van der Waals surface area contributed by atoms with E-state index in [1.54, 1.807) is 36.5 Å². The number of aromatic nitrogens is 3. The van der Waals surface area contributed by atoms with Gasteiger partial charge >= 0.3 is 0 Å². The highest BCUT2D eigenvalue weighted by atomic mass is 19.1. The number of fused-ring (bicyclic) bond motifs is 1. The Kier molecular flexibility index (Phi) is 6.33. The Balaban J connectivity index is 2.04. The molecule has 0 fully saturated rings. The second-order valence-corrected chi connectivity index (χ2v) is 7.07. The first-order chi connectivity index (χ1) is 13.9. The van der Waals surface area contributed by atoms with Crippen molar-refractivity contribution < 1.29 is 9.18 Å². The zero-order valence-electron chi connectivity index (χ0n) is 17.1. The molecule has 0 atom stereocenters. The molecule has 152 valence electrons. The molecule has 0 saturated heterocycles. The Labute approximate surface area is 169 Å². The Morgan fingerprint density at radius 3 is 2.48 bits per heavy atom. The number of likely N-dealkylation sites (N-methyl/N-ethyl adjacent to an activating group) is 2. The molecule has 29 heavy (non-hydrogen) atoms. The molecule has 0 radical (unpaired) electrons. The first-order valence-electron chi connectivity index (χ1n) is 9.46. The van der Waals surface area contributed by atoms with E-state index in [-0.39, 0.29) is 5.91 Å². The van der Waals surface area contributed by atoms with Crippen molar-refractivity contribution in [1.29, 1.82) is 0 Å². The van der Waals surface area contributed by atoms with Gasteiger partial charge in [-0.25, -0.2) is 19.3 Å². The normalized spacial score (nSPS) is 11.1. The topological polar surface area (TPSA) is 74.2 Å². The van der Waals surface area contributed by atoms with Gasteiger partial charge in [0.05, 0.1) is 16.8 Å². The maximum atomic E-state index is 13.9. The van der Waals surface area contributed by atoms with Crippen molar-refractivity contribution >= 4 is 22.8 Å². The SMILES string of the molecule is CCNc1ncc(-c2cc(C(=O)N(C)CCN(C)C)c3cc(F)ccc3n2)cn1. The molecule has 3 aromatic rings. The summed E-state index contributed by atoms with van der Waals surface area (Å²) in [7, 11) is 5.64. The fourth-order valence-electron chi connectivity index (χ4n) is 2.89. The van der Waals surface area contributed by atoms with Crippen LogP contribution in [-0.2, 0) is 0 Å². The minimum atomic E-state index is -0.407. The summed E-state index contributed by atoms with van der Waals surface area (Å²) in [5.41, 5.74) is 2.20. The third kappa shape index (κ3) is 4.83. The van der Waals surface area contributed by atoms with Crippen LogP contribution < -0.4 is 5.32 Å². The van der Waals surface area contributed by atoms with Crippen LogP contribution in [0.3, 0.4) is 0 Å². The maximum Gasteiger partial charge on any atom is 0.254 e. The van der Waals surface area contributed by atoms with E-state index >= 15 is 0 Å². The minimum absolute atomic E-state index is 0.184. The molecule has 2 heterocycles. The number of anilines is 1. The van der Waals surface area contributed by atoms with Gasteiger partial charge in [0.25, 0.3) is 5.91 Å². The first kappa shape index (κ1) is 20.6. The molecule has 1 N–H and O–H groups in total. The van der Waals surface area contributed by atoms with Crippen LogP contribution in [0.5, 0.6) is 0 Å².